The maximum absolute atomic E-state index is 6.11. The fourth-order valence-corrected chi connectivity index (χ4v) is 2.26. The summed E-state index contributed by atoms with van der Waals surface area (Å²) in [6.07, 6.45) is 5.04. The molecule has 0 fully saturated rings. The summed E-state index contributed by atoms with van der Waals surface area (Å²) in [5.74, 6) is 1.71. The molecule has 0 aliphatic rings. The molecule has 0 heterocycles. The van der Waals surface area contributed by atoms with Crippen molar-refractivity contribution in [2.24, 2.45) is 5.92 Å². The van der Waals surface area contributed by atoms with Crippen LogP contribution in [0.1, 0.15) is 65.9 Å². The zero-order valence-electron chi connectivity index (χ0n) is 14.5. The molecule has 0 aliphatic heterocycles. The van der Waals surface area contributed by atoms with Gasteiger partial charge in [-0.3, -0.25) is 0 Å². The summed E-state index contributed by atoms with van der Waals surface area (Å²) in [4.78, 5) is 0. The van der Waals surface area contributed by atoms with E-state index in [4.69, 9.17) is 4.74 Å². The third kappa shape index (κ3) is 7.52. The van der Waals surface area contributed by atoms with Crippen LogP contribution in [0.3, 0.4) is 0 Å². The Morgan fingerprint density at radius 2 is 1.86 bits per heavy atom. The van der Waals surface area contributed by atoms with Crippen molar-refractivity contribution in [3.05, 3.63) is 29.8 Å². The highest BCUT2D eigenvalue weighted by Crippen LogP contribution is 2.21. The number of benzene rings is 1. The summed E-state index contributed by atoms with van der Waals surface area (Å²) in [5, 5.41) is 3.53. The highest BCUT2D eigenvalue weighted by Gasteiger charge is 2.12. The number of nitrogens with one attached hydrogen (secondary N) is 1. The maximum Gasteiger partial charge on any atom is 0.123 e. The summed E-state index contributed by atoms with van der Waals surface area (Å²) >= 11 is 0. The van der Waals surface area contributed by atoms with Gasteiger partial charge < -0.3 is 10.1 Å². The lowest BCUT2D eigenvalue weighted by Gasteiger charge is -2.22. The van der Waals surface area contributed by atoms with Crippen molar-refractivity contribution in [3.63, 3.8) is 0 Å². The first-order valence-electron chi connectivity index (χ1n) is 8.42. The average Bonchev–Trinajstić information content (AvgIpc) is 2.45. The van der Waals surface area contributed by atoms with E-state index in [0.717, 1.165) is 18.9 Å². The number of rotatable bonds is 9. The first kappa shape index (κ1) is 18.0. The third-order valence-corrected chi connectivity index (χ3v) is 3.80. The van der Waals surface area contributed by atoms with E-state index in [0.29, 0.717) is 5.92 Å². The molecule has 1 aromatic rings. The molecule has 1 unspecified atom stereocenters. The number of unbranched alkanes of at least 4 members (excludes halogenated alkanes) is 1. The van der Waals surface area contributed by atoms with E-state index in [1.807, 2.05) is 0 Å². The summed E-state index contributed by atoms with van der Waals surface area (Å²) in [6, 6.07) is 8.39. The lowest BCUT2D eigenvalue weighted by molar-refractivity contribution is 0.230. The van der Waals surface area contributed by atoms with Crippen LogP contribution < -0.4 is 10.1 Å². The van der Waals surface area contributed by atoms with Gasteiger partial charge in [0.1, 0.15) is 5.75 Å². The Morgan fingerprint density at radius 1 is 1.14 bits per heavy atom. The van der Waals surface area contributed by atoms with Gasteiger partial charge in [-0.2, -0.15) is 0 Å². The third-order valence-electron chi connectivity index (χ3n) is 3.80. The monoisotopic (exact) mass is 291 g/mol. The zero-order chi connectivity index (χ0) is 15.7. The van der Waals surface area contributed by atoms with Crippen LogP contribution in [-0.2, 0) is 6.54 Å². The van der Waals surface area contributed by atoms with E-state index in [1.165, 1.54) is 31.2 Å². The molecule has 2 heteroatoms. The highest BCUT2D eigenvalue weighted by atomic mass is 16.5. The highest BCUT2D eigenvalue weighted by molar-refractivity contribution is 5.33. The smallest absolute Gasteiger partial charge is 0.123 e. The first-order valence-corrected chi connectivity index (χ1v) is 8.42. The Kier molecular flexibility index (Phi) is 7.81. The van der Waals surface area contributed by atoms with Gasteiger partial charge in [-0.05, 0) is 39.2 Å². The maximum atomic E-state index is 6.11. The largest absolute Gasteiger partial charge is 0.493 e. The molecule has 0 saturated carbocycles. The summed E-state index contributed by atoms with van der Waals surface area (Å²) < 4.78 is 6.11. The fourth-order valence-electron chi connectivity index (χ4n) is 2.26. The fraction of sp³-hybridized carbons (Fsp3) is 0.684. The van der Waals surface area contributed by atoms with Gasteiger partial charge >= 0.3 is 0 Å². The molecular formula is C19H33NO. The van der Waals surface area contributed by atoms with E-state index in [-0.39, 0.29) is 5.54 Å². The van der Waals surface area contributed by atoms with Gasteiger partial charge in [-0.25, -0.2) is 0 Å². The molecule has 0 amide bonds. The van der Waals surface area contributed by atoms with Gasteiger partial charge in [0.25, 0.3) is 0 Å². The molecule has 0 spiro atoms. The molecule has 1 N–H and O–H groups in total. The minimum Gasteiger partial charge on any atom is -0.493 e. The van der Waals surface area contributed by atoms with E-state index in [2.05, 4.69) is 64.2 Å². The average molecular weight is 291 g/mol. The molecule has 0 aliphatic carbocycles. The van der Waals surface area contributed by atoms with Crippen molar-refractivity contribution in [1.29, 1.82) is 0 Å². The second kappa shape index (κ2) is 9.09. The predicted octanol–water partition coefficient (Wildman–Crippen LogP) is 5.17. The Hall–Kier alpha value is -1.02. The van der Waals surface area contributed by atoms with Gasteiger partial charge in [0, 0.05) is 17.6 Å². The second-order valence-corrected chi connectivity index (χ2v) is 6.94. The Bertz CT molecular complexity index is 395. The SMILES string of the molecule is CCCCC(CC)COc1ccccc1CNC(C)(C)C. The second-order valence-electron chi connectivity index (χ2n) is 6.94. The number of hydrogen-bond acceptors (Lipinski definition) is 2. The minimum absolute atomic E-state index is 0.125. The molecule has 0 aromatic heterocycles. The van der Waals surface area contributed by atoms with E-state index < -0.39 is 0 Å². The van der Waals surface area contributed by atoms with Crippen LogP contribution >= 0.6 is 0 Å². The molecule has 21 heavy (non-hydrogen) atoms. The molecule has 0 radical (unpaired) electrons. The summed E-state index contributed by atoms with van der Waals surface area (Å²) in [7, 11) is 0. The lowest BCUT2D eigenvalue weighted by atomic mass is 10.0. The van der Waals surface area contributed by atoms with Crippen molar-refractivity contribution < 1.29 is 4.74 Å². The molecule has 2 nitrogen and oxygen atoms in total. The minimum atomic E-state index is 0.125. The molecule has 1 atom stereocenters. The van der Waals surface area contributed by atoms with Gasteiger partial charge in [0.05, 0.1) is 6.61 Å². The number of para-hydroxylation sites is 1. The Balaban J connectivity index is 2.57. The number of hydrogen-bond donors (Lipinski definition) is 1. The van der Waals surface area contributed by atoms with E-state index in [1.54, 1.807) is 0 Å². The molecule has 0 bridgehead atoms. The quantitative estimate of drug-likeness (QED) is 0.677. The van der Waals surface area contributed by atoms with E-state index >= 15 is 0 Å². The van der Waals surface area contributed by atoms with Crippen LogP contribution in [0, 0.1) is 5.92 Å². The Labute approximate surface area is 131 Å². The summed E-state index contributed by atoms with van der Waals surface area (Å²) in [5.41, 5.74) is 1.37. The van der Waals surface area contributed by atoms with Gasteiger partial charge in [0.15, 0.2) is 0 Å². The van der Waals surface area contributed by atoms with Crippen LogP contribution in [0.5, 0.6) is 5.75 Å². The van der Waals surface area contributed by atoms with Crippen LogP contribution in [0.4, 0.5) is 0 Å². The zero-order valence-corrected chi connectivity index (χ0v) is 14.5. The van der Waals surface area contributed by atoms with Gasteiger partial charge in [0.2, 0.25) is 0 Å². The van der Waals surface area contributed by atoms with Crippen molar-refractivity contribution in [1.82, 2.24) is 5.32 Å². The van der Waals surface area contributed by atoms with Crippen molar-refractivity contribution >= 4 is 0 Å². The molecular weight excluding hydrogens is 258 g/mol. The van der Waals surface area contributed by atoms with Crippen molar-refractivity contribution in [3.8, 4) is 5.75 Å². The predicted molar refractivity (Wildman–Crippen MR) is 91.8 cm³/mol. The van der Waals surface area contributed by atoms with Gasteiger partial charge in [-0.1, -0.05) is 51.3 Å². The van der Waals surface area contributed by atoms with Crippen LogP contribution in [0.15, 0.2) is 24.3 Å². The topological polar surface area (TPSA) is 21.3 Å². The first-order chi connectivity index (χ1) is 9.96. The van der Waals surface area contributed by atoms with Gasteiger partial charge in [-0.15, -0.1) is 0 Å². The van der Waals surface area contributed by atoms with Crippen LogP contribution in [0.2, 0.25) is 0 Å². The molecule has 0 saturated heterocycles. The van der Waals surface area contributed by atoms with Crippen molar-refractivity contribution in [2.75, 3.05) is 6.61 Å². The number of ether oxygens (including phenoxy) is 1. The molecule has 1 aromatic carbocycles. The van der Waals surface area contributed by atoms with E-state index in [9.17, 15) is 0 Å². The van der Waals surface area contributed by atoms with Crippen molar-refractivity contribution in [2.45, 2.75) is 72.4 Å². The molecule has 120 valence electrons. The standard InChI is InChI=1S/C19H33NO/c1-6-8-11-16(7-2)15-21-18-13-10-9-12-17(18)14-20-19(3,4)5/h9-10,12-13,16,20H,6-8,11,14-15H2,1-5H3. The van der Waals surface area contributed by atoms with Crippen LogP contribution in [-0.4, -0.2) is 12.1 Å². The molecule has 1 rings (SSSR count). The normalized spacial score (nSPS) is 13.2. The summed E-state index contributed by atoms with van der Waals surface area (Å²) in [6.45, 7) is 12.8. The Morgan fingerprint density at radius 3 is 2.48 bits per heavy atom. The van der Waals surface area contributed by atoms with Crippen LogP contribution in [0.25, 0.3) is 0 Å². The lowest BCUT2D eigenvalue weighted by Crippen LogP contribution is -2.35.